The van der Waals surface area contributed by atoms with E-state index in [4.69, 9.17) is 0 Å². The Balaban J connectivity index is 1.68. The molecule has 2 heterocycles. The number of hydrogen-bond donors (Lipinski definition) is 1. The van der Waals surface area contributed by atoms with Crippen LogP contribution in [0, 0.1) is 13.8 Å². The number of rotatable bonds is 5. The van der Waals surface area contributed by atoms with Gasteiger partial charge in [-0.3, -0.25) is 4.79 Å². The molecule has 0 radical (unpaired) electrons. The number of nitrogens with zero attached hydrogens (tertiary/aromatic N) is 4. The monoisotopic (exact) mass is 355 g/mol. The molecule has 25 heavy (non-hydrogen) atoms. The van der Waals surface area contributed by atoms with Crippen LogP contribution in [0.15, 0.2) is 41.6 Å². The van der Waals surface area contributed by atoms with Gasteiger partial charge < -0.3 is 5.32 Å². The smallest absolute Gasteiger partial charge is 0.253 e. The first-order valence-electron chi connectivity index (χ1n) is 8.17. The molecule has 1 N–H and O–H groups in total. The fourth-order valence-corrected chi connectivity index (χ4v) is 3.32. The Morgan fingerprint density at radius 2 is 1.88 bits per heavy atom. The maximum absolute atomic E-state index is 12.5. The van der Waals surface area contributed by atoms with Gasteiger partial charge in [-0.15, -0.1) is 5.10 Å². The molecule has 0 spiro atoms. The molecule has 7 heteroatoms. The van der Waals surface area contributed by atoms with Gasteiger partial charge in [-0.05, 0) is 39.3 Å². The number of aromatic nitrogens is 4. The Labute approximate surface area is 151 Å². The lowest BCUT2D eigenvalue weighted by molar-refractivity contribution is -0.120. The molecule has 130 valence electrons. The van der Waals surface area contributed by atoms with E-state index in [1.54, 1.807) is 4.52 Å². The fourth-order valence-electron chi connectivity index (χ4n) is 2.57. The second-order valence-corrected chi connectivity index (χ2v) is 7.35. The minimum Gasteiger partial charge on any atom is -0.349 e. The average molecular weight is 355 g/mol. The van der Waals surface area contributed by atoms with Crippen molar-refractivity contribution in [3.63, 3.8) is 0 Å². The Morgan fingerprint density at radius 1 is 1.16 bits per heavy atom. The minimum atomic E-state index is -0.301. The summed E-state index contributed by atoms with van der Waals surface area (Å²) >= 11 is 1.33. The normalized spacial score (nSPS) is 13.6. The van der Waals surface area contributed by atoms with Crippen LogP contribution in [0.4, 0.5) is 0 Å². The van der Waals surface area contributed by atoms with Gasteiger partial charge in [0, 0.05) is 11.4 Å². The summed E-state index contributed by atoms with van der Waals surface area (Å²) in [7, 11) is 0. The van der Waals surface area contributed by atoms with Crippen LogP contribution in [0.25, 0.3) is 5.78 Å². The zero-order chi connectivity index (χ0) is 18.0. The van der Waals surface area contributed by atoms with Gasteiger partial charge in [0.2, 0.25) is 11.1 Å². The molecule has 3 aromatic rings. The van der Waals surface area contributed by atoms with Crippen molar-refractivity contribution >= 4 is 23.4 Å². The van der Waals surface area contributed by atoms with E-state index in [9.17, 15) is 4.79 Å². The van der Waals surface area contributed by atoms with Gasteiger partial charge in [-0.2, -0.15) is 4.98 Å². The molecule has 0 bridgehead atoms. The number of aryl methyl sites for hydroxylation is 2. The van der Waals surface area contributed by atoms with E-state index in [0.29, 0.717) is 10.9 Å². The molecule has 6 nitrogen and oxygen atoms in total. The molecule has 0 fully saturated rings. The quantitative estimate of drug-likeness (QED) is 0.712. The van der Waals surface area contributed by atoms with Crippen LogP contribution in [0.5, 0.6) is 0 Å². The van der Waals surface area contributed by atoms with Gasteiger partial charge in [0.1, 0.15) is 0 Å². The predicted molar refractivity (Wildman–Crippen MR) is 98.6 cm³/mol. The van der Waals surface area contributed by atoms with E-state index in [2.05, 4.69) is 20.4 Å². The third-order valence-electron chi connectivity index (χ3n) is 3.91. The first-order valence-corrected chi connectivity index (χ1v) is 9.05. The molecular weight excluding hydrogens is 334 g/mol. The maximum atomic E-state index is 12.5. The average Bonchev–Trinajstić information content (AvgIpc) is 2.98. The summed E-state index contributed by atoms with van der Waals surface area (Å²) in [4.78, 5) is 21.2. The van der Waals surface area contributed by atoms with Gasteiger partial charge in [0.15, 0.2) is 0 Å². The van der Waals surface area contributed by atoms with Crippen molar-refractivity contribution in [1.82, 2.24) is 24.9 Å². The Bertz CT molecular complexity index is 893. The molecule has 0 aliphatic carbocycles. The summed E-state index contributed by atoms with van der Waals surface area (Å²) in [6.07, 6.45) is 0. The van der Waals surface area contributed by atoms with E-state index >= 15 is 0 Å². The summed E-state index contributed by atoms with van der Waals surface area (Å²) in [6, 6.07) is 11.8. The predicted octanol–water partition coefficient (Wildman–Crippen LogP) is 3.10. The van der Waals surface area contributed by atoms with Crippen LogP contribution in [-0.4, -0.2) is 30.7 Å². The number of amides is 1. The van der Waals surface area contributed by atoms with Gasteiger partial charge in [-0.25, -0.2) is 9.50 Å². The molecule has 0 aliphatic rings. The number of carbonyl (C=O) groups is 1. The summed E-state index contributed by atoms with van der Waals surface area (Å²) in [5, 5.41) is 7.72. The molecule has 3 rings (SSSR count). The second-order valence-electron chi connectivity index (χ2n) is 6.05. The fraction of sp³-hybridized carbons (Fsp3) is 0.333. The molecule has 0 saturated heterocycles. The number of benzene rings is 1. The Kier molecular flexibility index (Phi) is 5.03. The third kappa shape index (κ3) is 3.99. The van der Waals surface area contributed by atoms with Crippen LogP contribution in [-0.2, 0) is 4.79 Å². The van der Waals surface area contributed by atoms with Crippen LogP contribution in [0.3, 0.4) is 0 Å². The van der Waals surface area contributed by atoms with Crippen molar-refractivity contribution in [3.8, 4) is 0 Å². The minimum absolute atomic E-state index is 0.0407. The van der Waals surface area contributed by atoms with E-state index in [1.165, 1.54) is 11.8 Å². The molecule has 1 amide bonds. The lowest BCUT2D eigenvalue weighted by Crippen LogP contribution is -2.33. The van der Waals surface area contributed by atoms with Crippen LogP contribution in [0.1, 0.15) is 36.8 Å². The standard InChI is InChI=1S/C18H21N5OS/c1-11-10-12(2)23-17(19-11)21-18(22-23)25-14(4)16(24)20-13(3)15-8-6-5-7-9-15/h5-10,13-14H,1-4H3,(H,20,24). The third-order valence-corrected chi connectivity index (χ3v) is 4.86. The van der Waals surface area contributed by atoms with Crippen LogP contribution < -0.4 is 5.32 Å². The SMILES string of the molecule is Cc1cc(C)n2nc(SC(C)C(=O)NC(C)c3ccccc3)nc2n1. The first-order chi connectivity index (χ1) is 11.9. The highest BCUT2D eigenvalue weighted by Crippen LogP contribution is 2.22. The largest absolute Gasteiger partial charge is 0.349 e. The number of hydrogen-bond acceptors (Lipinski definition) is 5. The molecule has 2 unspecified atom stereocenters. The van der Waals surface area contributed by atoms with Crippen LogP contribution in [0.2, 0.25) is 0 Å². The highest BCUT2D eigenvalue weighted by Gasteiger charge is 2.20. The van der Waals surface area contributed by atoms with Crippen molar-refractivity contribution in [1.29, 1.82) is 0 Å². The van der Waals surface area contributed by atoms with Gasteiger partial charge in [-0.1, -0.05) is 42.1 Å². The number of fused-ring (bicyclic) bond motifs is 1. The number of thioether (sulfide) groups is 1. The Morgan fingerprint density at radius 3 is 2.60 bits per heavy atom. The highest BCUT2D eigenvalue weighted by atomic mass is 32.2. The molecule has 1 aromatic carbocycles. The molecule has 2 atom stereocenters. The Hall–Kier alpha value is -2.41. The van der Waals surface area contributed by atoms with E-state index in [-0.39, 0.29) is 17.2 Å². The molecule has 0 saturated carbocycles. The van der Waals surface area contributed by atoms with Crippen molar-refractivity contribution in [2.75, 3.05) is 0 Å². The summed E-state index contributed by atoms with van der Waals surface area (Å²) in [5.41, 5.74) is 2.95. The van der Waals surface area contributed by atoms with Gasteiger partial charge in [0.05, 0.1) is 11.3 Å². The number of nitrogens with one attached hydrogen (secondary N) is 1. The second kappa shape index (κ2) is 7.23. The maximum Gasteiger partial charge on any atom is 0.253 e. The summed E-state index contributed by atoms with van der Waals surface area (Å²) in [5.74, 6) is 0.520. The van der Waals surface area contributed by atoms with E-state index in [1.807, 2.05) is 64.1 Å². The van der Waals surface area contributed by atoms with Crippen LogP contribution >= 0.6 is 11.8 Å². The van der Waals surface area contributed by atoms with Crippen molar-refractivity contribution in [3.05, 3.63) is 53.3 Å². The first kappa shape index (κ1) is 17.4. The lowest BCUT2D eigenvalue weighted by Gasteiger charge is -2.16. The number of carbonyl (C=O) groups excluding carboxylic acids is 1. The topological polar surface area (TPSA) is 72.2 Å². The molecule has 0 aliphatic heterocycles. The summed E-state index contributed by atoms with van der Waals surface area (Å²) in [6.45, 7) is 7.72. The summed E-state index contributed by atoms with van der Waals surface area (Å²) < 4.78 is 1.70. The van der Waals surface area contributed by atoms with Gasteiger partial charge in [0.25, 0.3) is 5.78 Å². The van der Waals surface area contributed by atoms with E-state index in [0.717, 1.165) is 17.0 Å². The van der Waals surface area contributed by atoms with Crippen molar-refractivity contribution in [2.45, 2.75) is 44.1 Å². The molecular formula is C18H21N5OS. The zero-order valence-corrected chi connectivity index (χ0v) is 15.5. The van der Waals surface area contributed by atoms with Crippen molar-refractivity contribution < 1.29 is 4.79 Å². The van der Waals surface area contributed by atoms with Crippen molar-refractivity contribution in [2.24, 2.45) is 0 Å². The molecule has 2 aromatic heterocycles. The van der Waals surface area contributed by atoms with Gasteiger partial charge >= 0.3 is 0 Å². The van der Waals surface area contributed by atoms with E-state index < -0.39 is 0 Å². The lowest BCUT2D eigenvalue weighted by atomic mass is 10.1. The zero-order valence-electron chi connectivity index (χ0n) is 14.7. The highest BCUT2D eigenvalue weighted by molar-refractivity contribution is 8.00.